The molecule has 0 aromatic rings. The lowest BCUT2D eigenvalue weighted by Gasteiger charge is -2.49. The molecule has 524 valence electrons. The highest BCUT2D eigenvalue weighted by atomic mass is 32.2. The van der Waals surface area contributed by atoms with Gasteiger partial charge in [0.05, 0.1) is 91.7 Å². The third-order valence-corrected chi connectivity index (χ3v) is 20.0. The van der Waals surface area contributed by atoms with Gasteiger partial charge in [-0.25, -0.2) is 4.79 Å². The van der Waals surface area contributed by atoms with Gasteiger partial charge in [-0.2, -0.15) is 11.8 Å². The molecule has 6 aliphatic heterocycles. The van der Waals surface area contributed by atoms with Crippen molar-refractivity contribution in [1.82, 2.24) is 25.8 Å². The summed E-state index contributed by atoms with van der Waals surface area (Å²) in [6.07, 6.45) is 8.46. The highest BCUT2D eigenvalue weighted by Crippen LogP contribution is 2.39. The number of nitrogens with one attached hydrogen (secondary N) is 3. The zero-order valence-corrected chi connectivity index (χ0v) is 55.0. The number of unbranched alkanes of at least 4 members (excludes halogenated alkanes) is 3. The van der Waals surface area contributed by atoms with Crippen LogP contribution in [-0.2, 0) is 38.1 Å². The molecule has 5 saturated heterocycles. The Kier molecular flexibility index (Phi) is 32.1. The minimum atomic E-state index is -2.38. The standard InChI is InChI=1S/C67H105N5O20S/c1-41-22-16-13-11-9-7-5-6-8-10-12-14-17-23-48(37-53-58(64(85)86)52(78)39-67(88,92-53)38-47(75)35-51(77)50(76)28-27-45(73)34-46(74)36-57(81)89-43(3)42(2)61(41)82)91-65-63(84)60(62(83)44(4)90-65)72-32-30-71(31-33-72)56(80)26-18-15-21-29-68-55(79)25-20-19-24-54-59-49(40-93-54)69-66(87)70-59/h5-14,16-17,22-23,41-54,58-63,65,73-78,82-84,88H,15,18-21,24-40H2,1-4H3,(H,68,79)(H,85,86)(H2,69,70,87)/b6-5+,9-7+,10-8+,13-11+,14-12+,22-16+,23-17+/t41-,42-,43-,44+,45+,46+,47-,48-,49-,50+,51+,52-,53-,54-,58+,59-,60-,61+,62+,63-,65-,67+/m0/s1. The van der Waals surface area contributed by atoms with E-state index in [2.05, 4.69) is 16.0 Å². The molecular weight excluding hydrogens is 1230 g/mol. The molecule has 0 aliphatic carbocycles. The van der Waals surface area contributed by atoms with Crippen molar-refractivity contribution in [1.29, 1.82) is 0 Å². The average Bonchev–Trinajstić information content (AvgIpc) is 1.52. The number of esters is 1. The number of fused-ring (bicyclic) bond motifs is 3. The predicted molar refractivity (Wildman–Crippen MR) is 346 cm³/mol. The summed E-state index contributed by atoms with van der Waals surface area (Å²) in [5, 5.41) is 132. The van der Waals surface area contributed by atoms with E-state index in [1.54, 1.807) is 92.5 Å². The smallest absolute Gasteiger partial charge is 0.315 e. The van der Waals surface area contributed by atoms with Crippen LogP contribution in [0.25, 0.3) is 0 Å². The summed E-state index contributed by atoms with van der Waals surface area (Å²) in [5.74, 6) is -6.13. The Labute approximate surface area is 550 Å². The molecule has 6 heterocycles. The van der Waals surface area contributed by atoms with E-state index in [1.165, 1.54) is 0 Å². The Hall–Kier alpha value is -4.88. The predicted octanol–water partition coefficient (Wildman–Crippen LogP) is 2.30. The third kappa shape index (κ3) is 24.9. The molecule has 93 heavy (non-hydrogen) atoms. The molecule has 0 radical (unpaired) electrons. The number of aliphatic hydroxyl groups is 10. The van der Waals surface area contributed by atoms with Crippen LogP contribution in [0.1, 0.15) is 130 Å². The van der Waals surface area contributed by atoms with E-state index in [0.717, 1.165) is 37.9 Å². The second-order valence-corrected chi connectivity index (χ2v) is 27.2. The molecule has 4 amide bonds. The van der Waals surface area contributed by atoms with Gasteiger partial charge in [-0.3, -0.25) is 24.1 Å². The zero-order valence-electron chi connectivity index (χ0n) is 54.2. The minimum absolute atomic E-state index is 0.00241. The number of hydrogen-bond acceptors (Lipinski definition) is 21. The number of amides is 4. The van der Waals surface area contributed by atoms with Crippen LogP contribution >= 0.6 is 11.8 Å². The van der Waals surface area contributed by atoms with Crippen molar-refractivity contribution >= 4 is 41.5 Å². The van der Waals surface area contributed by atoms with Crippen LogP contribution in [0.2, 0.25) is 0 Å². The SMILES string of the molecule is C[C@@H]1[C@H](O)[C@@H](C)/C=C/C=C/C=C/C=C/C=C/C=C/C=C/[C@H](O[C@@H]2O[C@H](C)[C@@H](O)[C@H](N3CCN(C(=O)CCCCCNC(=O)CCCC[C@@H]4SC[C@@H]5NC(=O)N[C@@H]54)CC3)[C@@H]2O)C[C@@H]2O[C@](O)(C[C@@H](O)C[C@@H](O)[C@H](O)CC[C@@H](O)C[C@@H](O)CC(=O)O[C@H]1C)C[C@H](O)[C@H]2C(=O)O. The first kappa shape index (κ1) is 77.1. The van der Waals surface area contributed by atoms with Gasteiger partial charge in [0.25, 0.3) is 0 Å². The van der Waals surface area contributed by atoms with Gasteiger partial charge in [0.1, 0.15) is 18.1 Å². The number of urea groups is 1. The van der Waals surface area contributed by atoms with E-state index in [1.807, 2.05) is 41.8 Å². The topological polar surface area (TPSA) is 387 Å². The largest absolute Gasteiger partial charge is 0.481 e. The van der Waals surface area contributed by atoms with Gasteiger partial charge in [0.2, 0.25) is 11.8 Å². The van der Waals surface area contributed by atoms with Crippen molar-refractivity contribution in [3.8, 4) is 0 Å². The Morgan fingerprint density at radius 3 is 1.99 bits per heavy atom. The van der Waals surface area contributed by atoms with Crippen molar-refractivity contribution < 1.29 is 99.1 Å². The van der Waals surface area contributed by atoms with Gasteiger partial charge in [-0.05, 0) is 58.8 Å². The fourth-order valence-electron chi connectivity index (χ4n) is 12.9. The van der Waals surface area contributed by atoms with E-state index in [-0.39, 0.29) is 61.5 Å². The lowest BCUT2D eigenvalue weighted by Crippen LogP contribution is -2.66. The first-order valence-corrected chi connectivity index (χ1v) is 34.3. The number of carboxylic acid groups (broad SMARTS) is 1. The molecule has 0 unspecified atom stereocenters. The van der Waals surface area contributed by atoms with Gasteiger partial charge in [-0.15, -0.1) is 0 Å². The molecule has 5 fully saturated rings. The van der Waals surface area contributed by atoms with Gasteiger partial charge in [0.15, 0.2) is 12.1 Å². The van der Waals surface area contributed by atoms with Crippen LogP contribution in [0.3, 0.4) is 0 Å². The highest BCUT2D eigenvalue weighted by Gasteiger charge is 2.52. The number of hydrogen-bond donors (Lipinski definition) is 14. The number of nitrogens with zero attached hydrogens (tertiary/aromatic N) is 2. The Morgan fingerprint density at radius 1 is 0.677 bits per heavy atom. The number of aliphatic hydroxyl groups excluding tert-OH is 9. The number of carbonyl (C=O) groups is 5. The summed E-state index contributed by atoms with van der Waals surface area (Å²) in [5.41, 5.74) is 0. The van der Waals surface area contributed by atoms with Crippen molar-refractivity contribution in [2.24, 2.45) is 17.8 Å². The van der Waals surface area contributed by atoms with Gasteiger partial charge >= 0.3 is 18.0 Å². The first-order valence-electron chi connectivity index (χ1n) is 33.2. The van der Waals surface area contributed by atoms with Crippen molar-refractivity contribution in [2.75, 3.05) is 38.5 Å². The quantitative estimate of drug-likeness (QED) is 0.0635. The lowest BCUT2D eigenvalue weighted by molar-refractivity contribution is -0.312. The van der Waals surface area contributed by atoms with E-state index in [0.29, 0.717) is 57.2 Å². The Bertz CT molecular complexity index is 2570. The van der Waals surface area contributed by atoms with Crippen LogP contribution in [0.15, 0.2) is 85.1 Å². The molecule has 0 saturated carbocycles. The number of cyclic esters (lactones) is 1. The molecule has 25 nitrogen and oxygen atoms in total. The number of thioether (sulfide) groups is 1. The normalized spacial score (nSPS) is 40.2. The monoisotopic (exact) mass is 1330 g/mol. The van der Waals surface area contributed by atoms with E-state index in [4.69, 9.17) is 18.9 Å². The van der Waals surface area contributed by atoms with Gasteiger partial charge in [0, 0.05) is 94.1 Å². The lowest BCUT2D eigenvalue weighted by atomic mass is 9.82. The average molecular weight is 1330 g/mol. The minimum Gasteiger partial charge on any atom is -0.481 e. The highest BCUT2D eigenvalue weighted by molar-refractivity contribution is 8.00. The zero-order chi connectivity index (χ0) is 67.8. The van der Waals surface area contributed by atoms with Crippen molar-refractivity contribution in [3.63, 3.8) is 0 Å². The summed E-state index contributed by atoms with van der Waals surface area (Å²) in [4.78, 5) is 66.8. The molecule has 26 heteroatoms. The molecule has 6 aliphatic rings. The number of rotatable bonds is 15. The maximum atomic E-state index is 13.4. The molecular formula is C67H105N5O20S. The molecule has 6 rings (SSSR count). The maximum Gasteiger partial charge on any atom is 0.315 e. The summed E-state index contributed by atoms with van der Waals surface area (Å²) in [6, 6.07) is -0.712. The van der Waals surface area contributed by atoms with Gasteiger partial charge in [-0.1, -0.05) is 112 Å². The number of piperazine rings is 1. The van der Waals surface area contributed by atoms with E-state index in [9.17, 15) is 80.1 Å². The third-order valence-electron chi connectivity index (χ3n) is 18.5. The molecule has 0 aromatic heterocycles. The summed E-state index contributed by atoms with van der Waals surface area (Å²) in [6.45, 7) is 8.60. The molecule has 0 spiro atoms. The van der Waals surface area contributed by atoms with Crippen LogP contribution in [-0.4, -0.2) is 249 Å². The number of allylic oxidation sites excluding steroid dienone is 12. The number of carbonyl (C=O) groups excluding carboxylic acids is 4. The van der Waals surface area contributed by atoms with Crippen molar-refractivity contribution in [3.05, 3.63) is 85.1 Å². The maximum absolute atomic E-state index is 13.4. The van der Waals surface area contributed by atoms with Crippen LogP contribution < -0.4 is 16.0 Å². The molecule has 0 aromatic carbocycles. The number of carboxylic acids is 1. The second kappa shape index (κ2) is 38.8. The summed E-state index contributed by atoms with van der Waals surface area (Å²) >= 11 is 1.86. The van der Waals surface area contributed by atoms with E-state index < -0.39 is 147 Å². The van der Waals surface area contributed by atoms with Crippen molar-refractivity contribution in [2.45, 2.75) is 245 Å². The fourth-order valence-corrected chi connectivity index (χ4v) is 14.5. The molecule has 22 atom stereocenters. The Balaban J connectivity index is 1.07. The Morgan fingerprint density at radius 2 is 1.32 bits per heavy atom. The number of aliphatic carboxylic acids is 1. The van der Waals surface area contributed by atoms with Gasteiger partial charge < -0.3 is 96.0 Å². The number of ether oxygens (including phenoxy) is 4. The summed E-state index contributed by atoms with van der Waals surface area (Å²) in [7, 11) is 0. The summed E-state index contributed by atoms with van der Waals surface area (Å²) < 4.78 is 24.2. The van der Waals surface area contributed by atoms with Crippen LogP contribution in [0.5, 0.6) is 0 Å². The van der Waals surface area contributed by atoms with Crippen LogP contribution in [0, 0.1) is 17.8 Å². The molecule has 2 bridgehead atoms. The molecule has 14 N–H and O–H groups in total. The van der Waals surface area contributed by atoms with Crippen LogP contribution in [0.4, 0.5) is 4.79 Å². The van der Waals surface area contributed by atoms with E-state index >= 15 is 0 Å². The fraction of sp³-hybridized carbons (Fsp3) is 0.716. The first-order chi connectivity index (χ1) is 44.3. The second-order valence-electron chi connectivity index (χ2n) is 25.9.